The standard InChI is InChI=1S/C20H12ClNO5/c21-15-17(23)14-9-6-10-22-16(14)18(24)19(15)26-11-4-5-12-27-20(25)13-7-2-1-3-8-13/h1-3,6-10H,11-12H2. The van der Waals surface area contributed by atoms with E-state index >= 15 is 0 Å². The smallest absolute Gasteiger partial charge is 0.339 e. The van der Waals surface area contributed by atoms with Crippen molar-refractivity contribution in [1.82, 2.24) is 4.98 Å². The Kier molecular flexibility index (Phi) is 5.64. The first kappa shape index (κ1) is 18.4. The number of aromatic nitrogens is 1. The van der Waals surface area contributed by atoms with Crippen LogP contribution in [0, 0.1) is 11.8 Å². The predicted octanol–water partition coefficient (Wildman–Crippen LogP) is 2.79. The summed E-state index contributed by atoms with van der Waals surface area (Å²) in [7, 11) is 0. The molecule has 0 saturated carbocycles. The summed E-state index contributed by atoms with van der Waals surface area (Å²) >= 11 is 5.94. The molecule has 27 heavy (non-hydrogen) atoms. The van der Waals surface area contributed by atoms with Gasteiger partial charge in [-0.1, -0.05) is 41.6 Å². The lowest BCUT2D eigenvalue weighted by Gasteiger charge is -2.15. The maximum absolute atomic E-state index is 12.3. The van der Waals surface area contributed by atoms with Crippen molar-refractivity contribution in [1.29, 1.82) is 0 Å². The monoisotopic (exact) mass is 381 g/mol. The number of esters is 1. The first-order valence-electron chi connectivity index (χ1n) is 7.84. The second kappa shape index (κ2) is 8.30. The van der Waals surface area contributed by atoms with Crippen LogP contribution in [0.2, 0.25) is 0 Å². The molecule has 1 aromatic heterocycles. The quantitative estimate of drug-likeness (QED) is 0.598. The van der Waals surface area contributed by atoms with Gasteiger partial charge in [-0.3, -0.25) is 14.6 Å². The van der Waals surface area contributed by atoms with Gasteiger partial charge in [0, 0.05) is 6.20 Å². The Hall–Kier alpha value is -3.43. The van der Waals surface area contributed by atoms with Crippen molar-refractivity contribution in [3.63, 3.8) is 0 Å². The average Bonchev–Trinajstić information content (AvgIpc) is 2.71. The van der Waals surface area contributed by atoms with Gasteiger partial charge in [0.1, 0.15) is 17.3 Å². The zero-order chi connectivity index (χ0) is 19.2. The van der Waals surface area contributed by atoms with E-state index in [4.69, 9.17) is 21.1 Å². The molecule has 0 saturated heterocycles. The number of hydrogen-bond acceptors (Lipinski definition) is 6. The maximum Gasteiger partial charge on any atom is 0.339 e. The molecule has 0 atom stereocenters. The summed E-state index contributed by atoms with van der Waals surface area (Å²) in [4.78, 5) is 40.1. The molecule has 0 radical (unpaired) electrons. The highest BCUT2D eigenvalue weighted by Crippen LogP contribution is 2.27. The van der Waals surface area contributed by atoms with Crippen molar-refractivity contribution in [2.24, 2.45) is 0 Å². The Balaban J connectivity index is 1.56. The number of fused-ring (bicyclic) bond motifs is 1. The van der Waals surface area contributed by atoms with Gasteiger partial charge in [0.2, 0.25) is 11.6 Å². The van der Waals surface area contributed by atoms with Crippen LogP contribution < -0.4 is 0 Å². The van der Waals surface area contributed by atoms with Crippen LogP contribution in [-0.4, -0.2) is 35.7 Å². The molecule has 134 valence electrons. The van der Waals surface area contributed by atoms with Crippen LogP contribution in [0.1, 0.15) is 31.2 Å². The van der Waals surface area contributed by atoms with Gasteiger partial charge >= 0.3 is 5.97 Å². The number of Topliss-reactive ketones (excluding diaryl/α,β-unsaturated/α-hetero) is 2. The lowest BCUT2D eigenvalue weighted by atomic mass is 9.98. The highest BCUT2D eigenvalue weighted by atomic mass is 35.5. The Morgan fingerprint density at radius 1 is 1.00 bits per heavy atom. The maximum atomic E-state index is 12.3. The van der Waals surface area contributed by atoms with E-state index in [1.54, 1.807) is 36.4 Å². The van der Waals surface area contributed by atoms with Gasteiger partial charge in [-0.15, -0.1) is 0 Å². The van der Waals surface area contributed by atoms with Gasteiger partial charge in [0.05, 0.1) is 11.1 Å². The van der Waals surface area contributed by atoms with Crippen molar-refractivity contribution in [2.45, 2.75) is 0 Å². The Morgan fingerprint density at radius 2 is 1.74 bits per heavy atom. The third kappa shape index (κ3) is 4.05. The number of nitrogens with zero attached hydrogens (tertiary/aromatic N) is 1. The van der Waals surface area contributed by atoms with Crippen molar-refractivity contribution in [3.8, 4) is 11.8 Å². The highest BCUT2D eigenvalue weighted by Gasteiger charge is 2.33. The van der Waals surface area contributed by atoms with Gasteiger partial charge in [0.25, 0.3) is 0 Å². The second-order valence-corrected chi connectivity index (χ2v) is 5.66. The molecule has 1 aliphatic rings. The molecule has 0 fully saturated rings. The molecule has 0 amide bonds. The number of carbonyl (C=O) groups is 3. The highest BCUT2D eigenvalue weighted by molar-refractivity contribution is 6.49. The van der Waals surface area contributed by atoms with Crippen molar-refractivity contribution in [3.05, 3.63) is 76.3 Å². The number of rotatable bonds is 4. The van der Waals surface area contributed by atoms with Gasteiger partial charge in [-0.2, -0.15) is 0 Å². The van der Waals surface area contributed by atoms with E-state index in [2.05, 4.69) is 16.8 Å². The number of hydrogen-bond donors (Lipinski definition) is 0. The fourth-order valence-electron chi connectivity index (χ4n) is 2.30. The largest absolute Gasteiger partial charge is 0.475 e. The molecule has 0 spiro atoms. The number of allylic oxidation sites excluding steroid dienone is 2. The van der Waals surface area contributed by atoms with E-state index in [9.17, 15) is 14.4 Å². The van der Waals surface area contributed by atoms with Crippen LogP contribution in [0.4, 0.5) is 0 Å². The minimum atomic E-state index is -0.576. The number of ether oxygens (including phenoxy) is 2. The third-order valence-corrected chi connectivity index (χ3v) is 3.91. The summed E-state index contributed by atoms with van der Waals surface area (Å²) in [5.74, 6) is 3.30. The second-order valence-electron chi connectivity index (χ2n) is 5.29. The zero-order valence-electron chi connectivity index (χ0n) is 13.9. The summed E-state index contributed by atoms with van der Waals surface area (Å²) in [5, 5.41) is -0.308. The first-order valence-corrected chi connectivity index (χ1v) is 8.22. The normalized spacial score (nSPS) is 12.8. The van der Waals surface area contributed by atoms with Gasteiger partial charge < -0.3 is 9.47 Å². The van der Waals surface area contributed by atoms with E-state index in [1.807, 2.05) is 0 Å². The minimum Gasteiger partial charge on any atom is -0.475 e. The predicted molar refractivity (Wildman–Crippen MR) is 96.2 cm³/mol. The molecule has 2 aromatic rings. The van der Waals surface area contributed by atoms with Crippen LogP contribution in [0.5, 0.6) is 0 Å². The van der Waals surface area contributed by atoms with Gasteiger partial charge in [-0.05, 0) is 24.3 Å². The summed E-state index contributed by atoms with van der Waals surface area (Å²) in [6.07, 6.45) is 1.40. The van der Waals surface area contributed by atoms with E-state index in [-0.39, 0.29) is 35.3 Å². The molecule has 0 unspecified atom stereocenters. The summed E-state index contributed by atoms with van der Waals surface area (Å²) in [6.45, 7) is -0.337. The summed E-state index contributed by atoms with van der Waals surface area (Å²) in [5.41, 5.74) is 0.551. The molecule has 7 heteroatoms. The Bertz CT molecular complexity index is 1000. The number of benzene rings is 1. The average molecular weight is 382 g/mol. The third-order valence-electron chi connectivity index (χ3n) is 3.57. The first-order chi connectivity index (χ1) is 13.1. The van der Waals surface area contributed by atoms with E-state index in [1.165, 1.54) is 12.3 Å². The fraction of sp³-hybridized carbons (Fsp3) is 0.100. The summed E-state index contributed by atoms with van der Waals surface area (Å²) < 4.78 is 10.2. The Labute approximate surface area is 159 Å². The SMILES string of the molecule is O=C(OCC#CCOC1=C(Cl)C(=O)c2cccnc2C1=O)c1ccccc1. The van der Waals surface area contributed by atoms with Crippen LogP contribution in [0.25, 0.3) is 0 Å². The molecule has 3 rings (SSSR count). The minimum absolute atomic E-state index is 0.00773. The molecule has 0 N–H and O–H groups in total. The molecule has 1 aliphatic carbocycles. The van der Waals surface area contributed by atoms with E-state index in [0.29, 0.717) is 5.56 Å². The lowest BCUT2D eigenvalue weighted by molar-refractivity contribution is 0.0556. The summed E-state index contributed by atoms with van der Waals surface area (Å²) in [6, 6.07) is 11.5. The zero-order valence-corrected chi connectivity index (χ0v) is 14.7. The van der Waals surface area contributed by atoms with Gasteiger partial charge in [-0.25, -0.2) is 4.79 Å². The van der Waals surface area contributed by atoms with Crippen molar-refractivity contribution >= 4 is 29.1 Å². The topological polar surface area (TPSA) is 82.6 Å². The van der Waals surface area contributed by atoms with Gasteiger partial charge in [0.15, 0.2) is 12.4 Å². The number of pyridine rings is 1. The molecule has 6 nitrogen and oxygen atoms in total. The number of carbonyl (C=O) groups excluding carboxylic acids is 3. The van der Waals surface area contributed by atoms with Crippen molar-refractivity contribution in [2.75, 3.05) is 13.2 Å². The van der Waals surface area contributed by atoms with E-state index in [0.717, 1.165) is 0 Å². The fourth-order valence-corrected chi connectivity index (χ4v) is 2.54. The lowest BCUT2D eigenvalue weighted by Crippen LogP contribution is -2.23. The molecule has 1 aromatic carbocycles. The van der Waals surface area contributed by atoms with Crippen molar-refractivity contribution < 1.29 is 23.9 Å². The Morgan fingerprint density at radius 3 is 2.52 bits per heavy atom. The van der Waals surface area contributed by atoms with Crippen LogP contribution >= 0.6 is 11.6 Å². The van der Waals surface area contributed by atoms with Crippen LogP contribution in [0.15, 0.2) is 59.5 Å². The number of ketones is 2. The van der Waals surface area contributed by atoms with E-state index < -0.39 is 17.5 Å². The molecular formula is C20H12ClNO5. The molecule has 0 aliphatic heterocycles. The molecular weight excluding hydrogens is 370 g/mol. The van der Waals surface area contributed by atoms with Crippen LogP contribution in [-0.2, 0) is 9.47 Å². The van der Waals surface area contributed by atoms with Crippen LogP contribution in [0.3, 0.4) is 0 Å². The molecule has 1 heterocycles. The number of halogens is 1. The molecule has 0 bridgehead atoms.